The van der Waals surface area contributed by atoms with E-state index in [4.69, 9.17) is 0 Å². The number of rotatable bonds is 5. The summed E-state index contributed by atoms with van der Waals surface area (Å²) in [4.78, 5) is 18.4. The highest BCUT2D eigenvalue weighted by molar-refractivity contribution is 7.17. The smallest absolute Gasteiger partial charge is 0.186 e. The van der Waals surface area contributed by atoms with Gasteiger partial charge in [0, 0.05) is 18.5 Å². The first-order valence-electron chi connectivity index (χ1n) is 7.05. The van der Waals surface area contributed by atoms with E-state index in [1.807, 2.05) is 24.9 Å². The summed E-state index contributed by atoms with van der Waals surface area (Å²) in [6, 6.07) is 6.63. The fraction of sp³-hybridized carbons (Fsp3) is 0.375. The SMILES string of the molecule is CC(c1ccccc1F)N(C)c1nc(C2CC2)c(C=O)s1. The van der Waals surface area contributed by atoms with Crippen molar-refractivity contribution in [3.05, 3.63) is 46.2 Å². The lowest BCUT2D eigenvalue weighted by Gasteiger charge is -2.25. The molecule has 21 heavy (non-hydrogen) atoms. The Balaban J connectivity index is 1.89. The van der Waals surface area contributed by atoms with E-state index in [-0.39, 0.29) is 11.9 Å². The molecule has 1 unspecified atom stereocenters. The Labute approximate surface area is 127 Å². The van der Waals surface area contributed by atoms with E-state index in [9.17, 15) is 9.18 Å². The van der Waals surface area contributed by atoms with Gasteiger partial charge in [-0.1, -0.05) is 29.5 Å². The van der Waals surface area contributed by atoms with Gasteiger partial charge in [-0.15, -0.1) is 0 Å². The van der Waals surface area contributed by atoms with Gasteiger partial charge in [0.25, 0.3) is 0 Å². The second-order valence-corrected chi connectivity index (χ2v) is 6.46. The zero-order valence-electron chi connectivity index (χ0n) is 12.0. The second kappa shape index (κ2) is 5.56. The van der Waals surface area contributed by atoms with Gasteiger partial charge in [0.1, 0.15) is 5.82 Å². The van der Waals surface area contributed by atoms with Crippen molar-refractivity contribution in [2.45, 2.75) is 31.7 Å². The van der Waals surface area contributed by atoms with Crippen LogP contribution in [0.15, 0.2) is 24.3 Å². The first-order chi connectivity index (χ1) is 10.1. The molecule has 2 aromatic rings. The van der Waals surface area contributed by atoms with Crippen molar-refractivity contribution >= 4 is 22.8 Å². The predicted octanol–water partition coefficient (Wildman–Crippen LogP) is 4.17. The predicted molar refractivity (Wildman–Crippen MR) is 82.7 cm³/mol. The summed E-state index contributed by atoms with van der Waals surface area (Å²) in [6.45, 7) is 1.94. The Kier molecular flexibility index (Phi) is 3.76. The third-order valence-corrected chi connectivity index (χ3v) is 5.07. The molecule has 3 nitrogen and oxygen atoms in total. The quantitative estimate of drug-likeness (QED) is 0.777. The maximum absolute atomic E-state index is 13.9. The van der Waals surface area contributed by atoms with Gasteiger partial charge < -0.3 is 4.90 Å². The molecule has 0 aliphatic heterocycles. The van der Waals surface area contributed by atoms with Gasteiger partial charge in [0.2, 0.25) is 0 Å². The number of aromatic nitrogens is 1. The van der Waals surface area contributed by atoms with E-state index in [0.717, 1.165) is 30.0 Å². The van der Waals surface area contributed by atoms with E-state index >= 15 is 0 Å². The van der Waals surface area contributed by atoms with Crippen molar-refractivity contribution in [3.8, 4) is 0 Å². The van der Waals surface area contributed by atoms with Crippen molar-refractivity contribution in [2.24, 2.45) is 0 Å². The van der Waals surface area contributed by atoms with Crippen LogP contribution in [0.2, 0.25) is 0 Å². The molecule has 1 aliphatic rings. The molecule has 0 amide bonds. The summed E-state index contributed by atoms with van der Waals surface area (Å²) in [6.07, 6.45) is 3.10. The Morgan fingerprint density at radius 1 is 1.43 bits per heavy atom. The highest BCUT2D eigenvalue weighted by Crippen LogP contribution is 2.44. The monoisotopic (exact) mass is 304 g/mol. The van der Waals surface area contributed by atoms with Crippen LogP contribution in [0.1, 0.15) is 52.7 Å². The van der Waals surface area contributed by atoms with E-state index in [1.165, 1.54) is 17.4 Å². The Hall–Kier alpha value is -1.75. The lowest BCUT2D eigenvalue weighted by molar-refractivity contribution is 0.112. The molecule has 0 N–H and O–H groups in total. The number of thiazole rings is 1. The number of anilines is 1. The van der Waals surface area contributed by atoms with Crippen LogP contribution in [0.5, 0.6) is 0 Å². The minimum absolute atomic E-state index is 0.135. The standard InChI is InChI=1S/C16H17FN2OS/c1-10(12-5-3-4-6-13(12)17)19(2)16-18-15(11-7-8-11)14(9-20)21-16/h3-6,9-11H,7-8H2,1-2H3. The highest BCUT2D eigenvalue weighted by atomic mass is 32.1. The van der Waals surface area contributed by atoms with Gasteiger partial charge in [-0.3, -0.25) is 4.79 Å². The molecule has 1 fully saturated rings. The number of benzene rings is 1. The number of aldehydes is 1. The molecule has 1 aromatic heterocycles. The highest BCUT2D eigenvalue weighted by Gasteiger charge is 2.30. The van der Waals surface area contributed by atoms with E-state index < -0.39 is 0 Å². The second-order valence-electron chi connectivity index (χ2n) is 5.45. The molecule has 1 atom stereocenters. The van der Waals surface area contributed by atoms with Gasteiger partial charge in [0.05, 0.1) is 16.6 Å². The number of hydrogen-bond donors (Lipinski definition) is 0. The lowest BCUT2D eigenvalue weighted by Crippen LogP contribution is -2.22. The van der Waals surface area contributed by atoms with Crippen LogP contribution in [-0.2, 0) is 0 Å². The van der Waals surface area contributed by atoms with Crippen LogP contribution in [0.25, 0.3) is 0 Å². The number of halogens is 1. The zero-order valence-corrected chi connectivity index (χ0v) is 12.9. The molecule has 5 heteroatoms. The number of nitrogens with zero attached hydrogens (tertiary/aromatic N) is 2. The topological polar surface area (TPSA) is 33.2 Å². The largest absolute Gasteiger partial charge is 0.344 e. The van der Waals surface area contributed by atoms with Gasteiger partial charge >= 0.3 is 0 Å². The minimum Gasteiger partial charge on any atom is -0.344 e. The molecule has 110 valence electrons. The van der Waals surface area contributed by atoms with Crippen molar-refractivity contribution in [1.29, 1.82) is 0 Å². The van der Waals surface area contributed by atoms with E-state index in [0.29, 0.717) is 16.4 Å². The fourth-order valence-electron chi connectivity index (χ4n) is 2.40. The maximum Gasteiger partial charge on any atom is 0.186 e. The van der Waals surface area contributed by atoms with Crippen molar-refractivity contribution < 1.29 is 9.18 Å². The maximum atomic E-state index is 13.9. The van der Waals surface area contributed by atoms with Crippen LogP contribution in [-0.4, -0.2) is 18.3 Å². The molecule has 1 aromatic carbocycles. The molecule has 1 aliphatic carbocycles. The number of carbonyl (C=O) groups is 1. The average Bonchev–Trinajstić information content (AvgIpc) is 3.25. The lowest BCUT2D eigenvalue weighted by atomic mass is 10.1. The normalized spacial score (nSPS) is 15.8. The molecule has 0 spiro atoms. The minimum atomic E-state index is -0.216. The summed E-state index contributed by atoms with van der Waals surface area (Å²) >= 11 is 1.39. The van der Waals surface area contributed by atoms with Crippen LogP contribution < -0.4 is 4.90 Å². The van der Waals surface area contributed by atoms with Crippen LogP contribution >= 0.6 is 11.3 Å². The molecule has 0 bridgehead atoms. The van der Waals surface area contributed by atoms with E-state index in [1.54, 1.807) is 12.1 Å². The Morgan fingerprint density at radius 2 is 2.14 bits per heavy atom. The first-order valence-corrected chi connectivity index (χ1v) is 7.86. The molecule has 1 saturated carbocycles. The summed E-state index contributed by atoms with van der Waals surface area (Å²) in [5, 5.41) is 0.773. The molecule has 0 saturated heterocycles. The molecule has 0 radical (unpaired) electrons. The van der Waals surface area contributed by atoms with E-state index in [2.05, 4.69) is 4.98 Å². The summed E-state index contributed by atoms with van der Waals surface area (Å²) in [7, 11) is 1.89. The van der Waals surface area contributed by atoms with Gasteiger partial charge in [-0.2, -0.15) is 0 Å². The Morgan fingerprint density at radius 3 is 2.76 bits per heavy atom. The van der Waals surface area contributed by atoms with Crippen molar-refractivity contribution in [1.82, 2.24) is 4.98 Å². The summed E-state index contributed by atoms with van der Waals surface area (Å²) < 4.78 is 13.9. The van der Waals surface area contributed by atoms with Crippen LogP contribution in [0.4, 0.5) is 9.52 Å². The van der Waals surface area contributed by atoms with Crippen molar-refractivity contribution in [3.63, 3.8) is 0 Å². The number of carbonyl (C=O) groups excluding carboxylic acids is 1. The molecule has 1 heterocycles. The third kappa shape index (κ3) is 2.70. The summed E-state index contributed by atoms with van der Waals surface area (Å²) in [5.74, 6) is 0.221. The molecular formula is C16H17FN2OS. The van der Waals surface area contributed by atoms with Gasteiger partial charge in [-0.05, 0) is 25.8 Å². The van der Waals surface area contributed by atoms with Crippen LogP contribution in [0.3, 0.4) is 0 Å². The van der Waals surface area contributed by atoms with Crippen LogP contribution in [0, 0.1) is 5.82 Å². The first kappa shape index (κ1) is 14.2. The Bertz CT molecular complexity index is 666. The average molecular weight is 304 g/mol. The zero-order chi connectivity index (χ0) is 15.0. The fourth-order valence-corrected chi connectivity index (χ4v) is 3.41. The summed E-state index contributed by atoms with van der Waals surface area (Å²) in [5.41, 5.74) is 1.55. The number of hydrogen-bond acceptors (Lipinski definition) is 4. The molecule has 3 rings (SSSR count). The third-order valence-electron chi connectivity index (χ3n) is 3.98. The van der Waals surface area contributed by atoms with Gasteiger partial charge in [-0.25, -0.2) is 9.37 Å². The molecular weight excluding hydrogens is 287 g/mol. The van der Waals surface area contributed by atoms with Crippen molar-refractivity contribution in [2.75, 3.05) is 11.9 Å². The van der Waals surface area contributed by atoms with Gasteiger partial charge in [0.15, 0.2) is 11.4 Å².